The summed E-state index contributed by atoms with van der Waals surface area (Å²) in [6.45, 7) is 13.9. The number of likely N-dealkylation sites (tertiary alicyclic amines) is 1. The van der Waals surface area contributed by atoms with E-state index in [2.05, 4.69) is 37.5 Å². The van der Waals surface area contributed by atoms with Gasteiger partial charge in [0.2, 0.25) is 0 Å². The summed E-state index contributed by atoms with van der Waals surface area (Å²) in [6, 6.07) is 0. The number of fused-ring (bicyclic) bond motifs is 1. The van der Waals surface area contributed by atoms with Gasteiger partial charge in [-0.25, -0.2) is 0 Å². The molecule has 3 N–H and O–H groups in total. The molecule has 3 aliphatic carbocycles. The van der Waals surface area contributed by atoms with Crippen molar-refractivity contribution in [3.63, 3.8) is 0 Å². The molecule has 31 heavy (non-hydrogen) atoms. The Morgan fingerprint density at radius 1 is 1.19 bits per heavy atom. The maximum Gasteiger partial charge on any atom is 0.0811 e. The molecule has 0 amide bonds. The van der Waals surface area contributed by atoms with E-state index in [1.165, 1.54) is 25.7 Å². The van der Waals surface area contributed by atoms with E-state index < -0.39 is 17.8 Å². The Labute approximate surface area is 188 Å². The zero-order chi connectivity index (χ0) is 22.4. The SMILES string of the molecule is C=C1/C(=C\C=C2/CCC[C@]3(C)[C@@H]([C@H](C)CN4CC[C@](C)(O)C4)CC[C@@H]23)C[C@@H](O)C[C@@H]1O. The van der Waals surface area contributed by atoms with Crippen LogP contribution in [0.2, 0.25) is 0 Å². The summed E-state index contributed by atoms with van der Waals surface area (Å²) < 4.78 is 0. The maximum atomic E-state index is 10.3. The number of aliphatic hydroxyl groups is 3. The van der Waals surface area contributed by atoms with E-state index in [-0.39, 0.29) is 0 Å². The van der Waals surface area contributed by atoms with Crippen molar-refractivity contribution in [3.8, 4) is 0 Å². The van der Waals surface area contributed by atoms with Crippen LogP contribution in [0.15, 0.2) is 35.5 Å². The molecule has 1 aliphatic heterocycles. The van der Waals surface area contributed by atoms with E-state index in [4.69, 9.17) is 0 Å². The molecule has 7 atom stereocenters. The first-order valence-corrected chi connectivity index (χ1v) is 12.5. The second kappa shape index (κ2) is 8.78. The number of hydrogen-bond donors (Lipinski definition) is 3. The van der Waals surface area contributed by atoms with Crippen LogP contribution < -0.4 is 0 Å². The molecule has 4 aliphatic rings. The molecule has 0 spiro atoms. The first-order valence-electron chi connectivity index (χ1n) is 12.5. The van der Waals surface area contributed by atoms with Crippen molar-refractivity contribution in [2.24, 2.45) is 23.2 Å². The second-order valence-electron chi connectivity index (χ2n) is 11.6. The van der Waals surface area contributed by atoms with Crippen LogP contribution in [0.25, 0.3) is 0 Å². The summed E-state index contributed by atoms with van der Waals surface area (Å²) in [5, 5.41) is 30.6. The number of nitrogens with zero attached hydrogens (tertiary/aromatic N) is 1. The van der Waals surface area contributed by atoms with Gasteiger partial charge in [-0.05, 0) is 86.2 Å². The molecule has 1 heterocycles. The monoisotopic (exact) mass is 429 g/mol. The van der Waals surface area contributed by atoms with Gasteiger partial charge in [0.25, 0.3) is 0 Å². The second-order valence-corrected chi connectivity index (χ2v) is 11.6. The van der Waals surface area contributed by atoms with Crippen LogP contribution in [-0.4, -0.2) is 57.7 Å². The number of hydrogen-bond acceptors (Lipinski definition) is 4. The van der Waals surface area contributed by atoms with Crippen molar-refractivity contribution in [1.82, 2.24) is 4.90 Å². The molecule has 0 aromatic rings. The highest BCUT2D eigenvalue weighted by atomic mass is 16.3. The fourth-order valence-corrected chi connectivity index (χ4v) is 7.41. The molecule has 0 bridgehead atoms. The van der Waals surface area contributed by atoms with Gasteiger partial charge in [-0.1, -0.05) is 38.2 Å². The smallest absolute Gasteiger partial charge is 0.0811 e. The predicted octanol–water partition coefficient (Wildman–Crippen LogP) is 4.22. The highest BCUT2D eigenvalue weighted by Gasteiger charge is 2.51. The van der Waals surface area contributed by atoms with Crippen LogP contribution in [-0.2, 0) is 0 Å². The van der Waals surface area contributed by atoms with Gasteiger partial charge < -0.3 is 20.2 Å². The van der Waals surface area contributed by atoms with Gasteiger partial charge in [-0.3, -0.25) is 0 Å². The van der Waals surface area contributed by atoms with E-state index in [9.17, 15) is 15.3 Å². The van der Waals surface area contributed by atoms with E-state index in [1.54, 1.807) is 5.57 Å². The zero-order valence-electron chi connectivity index (χ0n) is 19.8. The lowest BCUT2D eigenvalue weighted by atomic mass is 9.61. The van der Waals surface area contributed by atoms with E-state index >= 15 is 0 Å². The normalized spacial score (nSPS) is 45.4. The standard InChI is InChI=1S/C27H43NO3/c1-18(16-28-13-12-26(3,31)17-28)23-9-10-24-20(6-5-11-27(23,24)4)7-8-21-14-22(29)15-25(30)19(21)2/h7-8,18,22-25,29-31H,2,5-6,9-17H2,1,3-4H3/b20-7+,21-8-/t18-,22-,23-,24+,25+,26+,27-/m1/s1. The molecule has 174 valence electrons. The Bertz CT molecular complexity index is 754. The molecule has 0 aromatic carbocycles. The van der Waals surface area contributed by atoms with Crippen molar-refractivity contribution in [1.29, 1.82) is 0 Å². The lowest BCUT2D eigenvalue weighted by molar-refractivity contribution is 0.0549. The van der Waals surface area contributed by atoms with Crippen molar-refractivity contribution in [3.05, 3.63) is 35.5 Å². The Hall–Kier alpha value is -0.940. The minimum atomic E-state index is -0.618. The minimum Gasteiger partial charge on any atom is -0.393 e. The third-order valence-corrected chi connectivity index (χ3v) is 9.07. The van der Waals surface area contributed by atoms with Crippen LogP contribution in [0.4, 0.5) is 0 Å². The number of allylic oxidation sites excluding steroid dienone is 3. The zero-order valence-corrected chi connectivity index (χ0v) is 19.8. The molecule has 0 unspecified atom stereocenters. The molecule has 0 radical (unpaired) electrons. The molecule has 0 aromatic heterocycles. The van der Waals surface area contributed by atoms with Gasteiger partial charge >= 0.3 is 0 Å². The predicted molar refractivity (Wildman–Crippen MR) is 126 cm³/mol. The largest absolute Gasteiger partial charge is 0.393 e. The maximum absolute atomic E-state index is 10.3. The highest BCUT2D eigenvalue weighted by Crippen LogP contribution is 2.59. The molecule has 4 nitrogen and oxygen atoms in total. The lowest BCUT2D eigenvalue weighted by Crippen LogP contribution is -2.40. The van der Waals surface area contributed by atoms with Crippen LogP contribution >= 0.6 is 0 Å². The van der Waals surface area contributed by atoms with Crippen molar-refractivity contribution < 1.29 is 15.3 Å². The van der Waals surface area contributed by atoms with Crippen LogP contribution in [0.1, 0.15) is 72.1 Å². The summed E-state index contributed by atoms with van der Waals surface area (Å²) in [5.74, 6) is 2.01. The average molecular weight is 430 g/mol. The Balaban J connectivity index is 1.47. The third kappa shape index (κ3) is 4.73. The topological polar surface area (TPSA) is 63.9 Å². The van der Waals surface area contributed by atoms with E-state index in [0.29, 0.717) is 30.1 Å². The summed E-state index contributed by atoms with van der Waals surface area (Å²) in [7, 11) is 0. The summed E-state index contributed by atoms with van der Waals surface area (Å²) in [5.41, 5.74) is 3.19. The van der Waals surface area contributed by atoms with Crippen molar-refractivity contribution in [2.75, 3.05) is 19.6 Å². The lowest BCUT2D eigenvalue weighted by Gasteiger charge is -2.45. The fourth-order valence-electron chi connectivity index (χ4n) is 7.41. The Kier molecular flexibility index (Phi) is 6.58. The first kappa shape index (κ1) is 23.2. The third-order valence-electron chi connectivity index (χ3n) is 9.07. The quantitative estimate of drug-likeness (QED) is 0.626. The molecule has 1 saturated heterocycles. The van der Waals surface area contributed by atoms with Gasteiger partial charge in [-0.15, -0.1) is 0 Å². The van der Waals surface area contributed by atoms with Gasteiger partial charge in [-0.2, -0.15) is 0 Å². The summed E-state index contributed by atoms with van der Waals surface area (Å²) >= 11 is 0. The van der Waals surface area contributed by atoms with E-state index in [1.807, 2.05) is 6.92 Å². The Morgan fingerprint density at radius 2 is 1.97 bits per heavy atom. The Morgan fingerprint density at radius 3 is 2.68 bits per heavy atom. The summed E-state index contributed by atoms with van der Waals surface area (Å²) in [4.78, 5) is 2.47. The minimum absolute atomic E-state index is 0.354. The highest BCUT2D eigenvalue weighted by molar-refractivity contribution is 5.38. The van der Waals surface area contributed by atoms with Crippen molar-refractivity contribution in [2.45, 2.75) is 89.9 Å². The summed E-state index contributed by atoms with van der Waals surface area (Å²) in [6.07, 6.45) is 11.5. The fraction of sp³-hybridized carbons (Fsp3) is 0.778. The number of β-amino-alcohol motifs (C(OH)–C–C–N with tert-alkyl or cyclic N) is 1. The molecular formula is C27H43NO3. The van der Waals surface area contributed by atoms with Gasteiger partial charge in [0.15, 0.2) is 0 Å². The number of rotatable bonds is 4. The van der Waals surface area contributed by atoms with Gasteiger partial charge in [0, 0.05) is 26.1 Å². The molecule has 4 heteroatoms. The molecule has 4 fully saturated rings. The first-order chi connectivity index (χ1) is 14.6. The van der Waals surface area contributed by atoms with Crippen molar-refractivity contribution >= 4 is 0 Å². The van der Waals surface area contributed by atoms with E-state index in [0.717, 1.165) is 49.5 Å². The average Bonchev–Trinajstić information content (AvgIpc) is 3.22. The number of aliphatic hydroxyl groups excluding tert-OH is 2. The molecule has 3 saturated carbocycles. The molecule has 4 rings (SSSR count). The van der Waals surface area contributed by atoms with Gasteiger partial charge in [0.05, 0.1) is 17.8 Å². The molecular weight excluding hydrogens is 386 g/mol. The van der Waals surface area contributed by atoms with Crippen LogP contribution in [0, 0.1) is 23.2 Å². The van der Waals surface area contributed by atoms with Gasteiger partial charge in [0.1, 0.15) is 0 Å². The van der Waals surface area contributed by atoms with Crippen LogP contribution in [0.3, 0.4) is 0 Å². The van der Waals surface area contributed by atoms with Crippen LogP contribution in [0.5, 0.6) is 0 Å².